The third-order valence-electron chi connectivity index (χ3n) is 6.03. The topological polar surface area (TPSA) is 121 Å². The summed E-state index contributed by atoms with van der Waals surface area (Å²) in [5.74, 6) is 0.0168. The van der Waals surface area contributed by atoms with Gasteiger partial charge in [0.25, 0.3) is 0 Å². The van der Waals surface area contributed by atoms with Crippen LogP contribution in [0.1, 0.15) is 23.5 Å². The highest BCUT2D eigenvalue weighted by Gasteiger charge is 2.35. The number of phenolic OH excluding ortho intramolecular Hbond substituents is 1. The summed E-state index contributed by atoms with van der Waals surface area (Å²) >= 11 is 0. The molecule has 2 amide bonds. The van der Waals surface area contributed by atoms with E-state index in [1.54, 1.807) is 35.2 Å². The number of amides is 2. The zero-order valence-corrected chi connectivity index (χ0v) is 19.3. The number of carbonyl (C=O) groups excluding carboxylic acids is 2. The van der Waals surface area contributed by atoms with Crippen LogP contribution in [0.4, 0.5) is 0 Å². The Kier molecular flexibility index (Phi) is 7.52. The van der Waals surface area contributed by atoms with Crippen LogP contribution >= 0.6 is 0 Å². The molecule has 3 N–H and O–H groups in total. The van der Waals surface area contributed by atoms with Crippen LogP contribution in [-0.4, -0.2) is 63.3 Å². The first kappa shape index (κ1) is 24.0. The highest BCUT2D eigenvalue weighted by atomic mass is 16.5. The van der Waals surface area contributed by atoms with Crippen LogP contribution in [0.15, 0.2) is 30.3 Å². The Labute approximate surface area is 193 Å². The van der Waals surface area contributed by atoms with Gasteiger partial charge in [0.15, 0.2) is 23.0 Å². The number of rotatable bonds is 11. The van der Waals surface area contributed by atoms with Crippen molar-refractivity contribution >= 4 is 11.8 Å². The summed E-state index contributed by atoms with van der Waals surface area (Å²) in [7, 11) is 6.01. The number of hydrogen-bond donors (Lipinski definition) is 2. The maximum Gasteiger partial charge on any atom is 0.224 e. The molecule has 0 radical (unpaired) electrons. The van der Waals surface area contributed by atoms with Crippen LogP contribution in [0, 0.1) is 5.92 Å². The molecule has 2 atom stereocenters. The monoisotopic (exact) mass is 458 g/mol. The molecule has 3 rings (SSSR count). The SMILES string of the molecule is COc1ccc(CC(C(N)=O)C(CN2CCC2=O)c2cc(OC)c(OC)c(OC)c2)cc1O. The summed E-state index contributed by atoms with van der Waals surface area (Å²) in [5.41, 5.74) is 7.31. The van der Waals surface area contributed by atoms with E-state index >= 15 is 0 Å². The van der Waals surface area contributed by atoms with Crippen molar-refractivity contribution < 1.29 is 33.6 Å². The summed E-state index contributed by atoms with van der Waals surface area (Å²) in [4.78, 5) is 26.5. The molecule has 2 aromatic rings. The van der Waals surface area contributed by atoms with Crippen molar-refractivity contribution in [3.63, 3.8) is 0 Å². The normalized spacial score (nSPS) is 14.8. The molecule has 178 valence electrons. The number of primary amides is 1. The molecule has 0 aromatic heterocycles. The maximum atomic E-state index is 12.7. The molecular formula is C24H30N2O7. The molecule has 2 unspecified atom stereocenters. The number of carbonyl (C=O) groups is 2. The standard InChI is InChI=1S/C24H30N2O7/c1-30-19-6-5-14(10-18(19)27)9-16(24(25)29)17(13-26-8-7-22(26)28)15-11-20(31-2)23(33-4)21(12-15)32-3/h5-6,10-12,16-17,27H,7-9,13H2,1-4H3,(H2,25,29). The minimum absolute atomic E-state index is 0.0257. The van der Waals surface area contributed by atoms with Gasteiger partial charge in [-0.2, -0.15) is 0 Å². The second-order valence-electron chi connectivity index (χ2n) is 7.87. The van der Waals surface area contributed by atoms with E-state index in [0.717, 1.165) is 5.56 Å². The fourth-order valence-electron chi connectivity index (χ4n) is 4.13. The van der Waals surface area contributed by atoms with Gasteiger partial charge in [0.2, 0.25) is 17.6 Å². The number of nitrogens with two attached hydrogens (primary N) is 1. The predicted molar refractivity (Wildman–Crippen MR) is 121 cm³/mol. The lowest BCUT2D eigenvalue weighted by atomic mass is 9.80. The van der Waals surface area contributed by atoms with Gasteiger partial charge in [-0.25, -0.2) is 0 Å². The van der Waals surface area contributed by atoms with Gasteiger partial charge in [0.1, 0.15) is 0 Å². The lowest BCUT2D eigenvalue weighted by molar-refractivity contribution is -0.141. The van der Waals surface area contributed by atoms with Gasteiger partial charge in [0.05, 0.1) is 34.4 Å². The first-order valence-corrected chi connectivity index (χ1v) is 10.6. The molecule has 1 aliphatic rings. The minimum Gasteiger partial charge on any atom is -0.504 e. The third-order valence-corrected chi connectivity index (χ3v) is 6.03. The van der Waals surface area contributed by atoms with Crippen molar-refractivity contribution in [1.82, 2.24) is 4.90 Å². The van der Waals surface area contributed by atoms with Crippen molar-refractivity contribution in [2.75, 3.05) is 41.5 Å². The first-order valence-electron chi connectivity index (χ1n) is 10.6. The third kappa shape index (κ3) is 5.08. The van der Waals surface area contributed by atoms with E-state index in [2.05, 4.69) is 0 Å². The van der Waals surface area contributed by atoms with Gasteiger partial charge < -0.3 is 34.7 Å². The molecule has 33 heavy (non-hydrogen) atoms. The number of methoxy groups -OCH3 is 4. The number of likely N-dealkylation sites (tertiary alicyclic amines) is 1. The summed E-state index contributed by atoms with van der Waals surface area (Å²) in [5, 5.41) is 10.2. The van der Waals surface area contributed by atoms with E-state index in [1.807, 2.05) is 0 Å². The molecule has 1 saturated heterocycles. The molecular weight excluding hydrogens is 428 g/mol. The molecule has 0 bridgehead atoms. The van der Waals surface area contributed by atoms with Gasteiger partial charge in [-0.05, 0) is 41.8 Å². The summed E-state index contributed by atoms with van der Waals surface area (Å²) < 4.78 is 21.5. The zero-order chi connectivity index (χ0) is 24.1. The van der Waals surface area contributed by atoms with Gasteiger partial charge in [-0.1, -0.05) is 6.07 Å². The van der Waals surface area contributed by atoms with Crippen molar-refractivity contribution in [3.05, 3.63) is 41.5 Å². The lowest BCUT2D eigenvalue weighted by Crippen LogP contribution is -2.47. The van der Waals surface area contributed by atoms with Crippen molar-refractivity contribution in [2.24, 2.45) is 11.7 Å². The van der Waals surface area contributed by atoms with Crippen molar-refractivity contribution in [3.8, 4) is 28.7 Å². The van der Waals surface area contributed by atoms with E-state index in [1.165, 1.54) is 28.4 Å². The molecule has 0 spiro atoms. The highest BCUT2D eigenvalue weighted by molar-refractivity contribution is 5.82. The van der Waals surface area contributed by atoms with E-state index < -0.39 is 17.7 Å². The number of β-lactam (4-membered cyclic amide) rings is 1. The van der Waals surface area contributed by atoms with Gasteiger partial charge in [0, 0.05) is 25.4 Å². The van der Waals surface area contributed by atoms with E-state index in [9.17, 15) is 14.7 Å². The van der Waals surface area contributed by atoms with Crippen molar-refractivity contribution in [2.45, 2.75) is 18.8 Å². The van der Waals surface area contributed by atoms with Crippen LogP contribution in [0.2, 0.25) is 0 Å². The zero-order valence-electron chi connectivity index (χ0n) is 19.3. The van der Waals surface area contributed by atoms with Gasteiger partial charge >= 0.3 is 0 Å². The molecule has 1 heterocycles. The number of benzene rings is 2. The average Bonchev–Trinajstić information content (AvgIpc) is 2.81. The number of ether oxygens (including phenoxy) is 4. The lowest BCUT2D eigenvalue weighted by Gasteiger charge is -2.37. The second-order valence-corrected chi connectivity index (χ2v) is 7.87. The summed E-state index contributed by atoms with van der Waals surface area (Å²) in [6.07, 6.45) is 0.742. The molecule has 9 nitrogen and oxygen atoms in total. The Morgan fingerprint density at radius 1 is 1.03 bits per heavy atom. The Bertz CT molecular complexity index is 999. The average molecular weight is 459 g/mol. The number of hydrogen-bond acceptors (Lipinski definition) is 7. The highest BCUT2D eigenvalue weighted by Crippen LogP contribution is 2.42. The molecule has 1 fully saturated rings. The number of aromatic hydroxyl groups is 1. The van der Waals surface area contributed by atoms with Crippen LogP contribution in [-0.2, 0) is 16.0 Å². The molecule has 0 saturated carbocycles. The summed E-state index contributed by atoms with van der Waals surface area (Å²) in [6, 6.07) is 8.51. The van der Waals surface area contributed by atoms with Gasteiger partial charge in [-0.15, -0.1) is 0 Å². The van der Waals surface area contributed by atoms with Crippen LogP contribution < -0.4 is 24.7 Å². The fraction of sp³-hybridized carbons (Fsp3) is 0.417. The smallest absolute Gasteiger partial charge is 0.224 e. The second kappa shape index (κ2) is 10.3. The summed E-state index contributed by atoms with van der Waals surface area (Å²) in [6.45, 7) is 0.932. The predicted octanol–water partition coefficient (Wildman–Crippen LogP) is 2.09. The van der Waals surface area contributed by atoms with Crippen LogP contribution in [0.25, 0.3) is 0 Å². The van der Waals surface area contributed by atoms with E-state index in [4.69, 9.17) is 24.7 Å². The first-order chi connectivity index (χ1) is 15.8. The quantitative estimate of drug-likeness (QED) is 0.495. The number of nitrogens with zero attached hydrogens (tertiary/aromatic N) is 1. The van der Waals surface area contributed by atoms with E-state index in [-0.39, 0.29) is 18.1 Å². The Morgan fingerprint density at radius 3 is 2.09 bits per heavy atom. The van der Waals surface area contributed by atoms with Gasteiger partial charge in [-0.3, -0.25) is 9.59 Å². The van der Waals surface area contributed by atoms with Crippen LogP contribution in [0.5, 0.6) is 28.7 Å². The largest absolute Gasteiger partial charge is 0.504 e. The minimum atomic E-state index is -0.672. The Morgan fingerprint density at radius 2 is 1.67 bits per heavy atom. The molecule has 9 heteroatoms. The molecule has 2 aromatic carbocycles. The molecule has 1 aliphatic heterocycles. The maximum absolute atomic E-state index is 12.7. The van der Waals surface area contributed by atoms with E-state index in [0.29, 0.717) is 48.1 Å². The fourth-order valence-corrected chi connectivity index (χ4v) is 4.13. The van der Waals surface area contributed by atoms with Crippen molar-refractivity contribution in [1.29, 1.82) is 0 Å². The number of phenols is 1. The Hall–Kier alpha value is -3.62. The Balaban J connectivity index is 2.05. The van der Waals surface area contributed by atoms with Crippen LogP contribution in [0.3, 0.4) is 0 Å². The molecule has 0 aliphatic carbocycles.